The summed E-state index contributed by atoms with van der Waals surface area (Å²) in [7, 11) is 0. The van der Waals surface area contributed by atoms with E-state index < -0.39 is 0 Å². The maximum absolute atomic E-state index is 11.9. The first kappa shape index (κ1) is 15.1. The summed E-state index contributed by atoms with van der Waals surface area (Å²) < 4.78 is 0. The first-order valence-corrected chi connectivity index (χ1v) is 7.29. The van der Waals surface area contributed by atoms with Gasteiger partial charge in [-0.15, -0.1) is 11.3 Å². The predicted molar refractivity (Wildman–Crippen MR) is 75.3 cm³/mol. The normalized spacial score (nSPS) is 14.5. The predicted octanol–water partition coefficient (Wildman–Crippen LogP) is 2.33. The number of carbonyl (C=O) groups excluding carboxylic acids is 1. The second kappa shape index (κ2) is 7.48. The maximum atomic E-state index is 11.9. The Labute approximate surface area is 113 Å². The van der Waals surface area contributed by atoms with E-state index in [9.17, 15) is 4.79 Å². The van der Waals surface area contributed by atoms with Crippen molar-refractivity contribution in [2.24, 2.45) is 17.6 Å². The van der Waals surface area contributed by atoms with E-state index in [0.717, 1.165) is 11.4 Å². The summed E-state index contributed by atoms with van der Waals surface area (Å²) in [5.74, 6) is 0.907. The van der Waals surface area contributed by atoms with Crippen molar-refractivity contribution in [2.75, 3.05) is 6.54 Å². The summed E-state index contributed by atoms with van der Waals surface area (Å²) in [6, 6.07) is -0.0185. The third-order valence-electron chi connectivity index (χ3n) is 2.81. The molecule has 1 rings (SSSR count). The summed E-state index contributed by atoms with van der Waals surface area (Å²) in [5.41, 5.74) is 5.70. The number of aromatic nitrogens is 1. The fourth-order valence-corrected chi connectivity index (χ4v) is 2.65. The second-order valence-corrected chi connectivity index (χ2v) is 6.02. The molecular formula is C13H23N3OS. The van der Waals surface area contributed by atoms with E-state index in [2.05, 4.69) is 24.1 Å². The van der Waals surface area contributed by atoms with Gasteiger partial charge in [0, 0.05) is 18.0 Å². The number of nitrogens with two attached hydrogens (primary N) is 1. The van der Waals surface area contributed by atoms with Gasteiger partial charge in [-0.3, -0.25) is 4.79 Å². The van der Waals surface area contributed by atoms with E-state index in [1.807, 2.05) is 12.3 Å². The van der Waals surface area contributed by atoms with Crippen LogP contribution in [0.2, 0.25) is 0 Å². The molecule has 1 amide bonds. The van der Waals surface area contributed by atoms with Gasteiger partial charge in [0.1, 0.15) is 5.01 Å². The Balaban J connectivity index is 2.40. The molecular weight excluding hydrogens is 246 g/mol. The van der Waals surface area contributed by atoms with E-state index in [0.29, 0.717) is 18.9 Å². The van der Waals surface area contributed by atoms with Gasteiger partial charge in [-0.25, -0.2) is 4.98 Å². The molecule has 18 heavy (non-hydrogen) atoms. The van der Waals surface area contributed by atoms with Gasteiger partial charge in [-0.2, -0.15) is 0 Å². The van der Waals surface area contributed by atoms with Gasteiger partial charge >= 0.3 is 0 Å². The fourth-order valence-electron chi connectivity index (χ4n) is 2.00. The summed E-state index contributed by atoms with van der Waals surface area (Å²) in [4.78, 5) is 16.1. The van der Waals surface area contributed by atoms with Crippen LogP contribution in [0.15, 0.2) is 11.6 Å². The number of hydrogen-bond donors (Lipinski definition) is 2. The fraction of sp³-hybridized carbons (Fsp3) is 0.692. The van der Waals surface area contributed by atoms with Crippen molar-refractivity contribution in [2.45, 2.75) is 39.7 Å². The lowest BCUT2D eigenvalue weighted by molar-refractivity contribution is -0.122. The Kier molecular flexibility index (Phi) is 6.29. The van der Waals surface area contributed by atoms with Crippen LogP contribution in [0.3, 0.4) is 0 Å². The molecule has 0 saturated carbocycles. The quantitative estimate of drug-likeness (QED) is 0.798. The standard InChI is InChI=1S/C13H23N3OS/c1-9(2)6-11(8-14)7-12(17)16-10(3)13-15-4-5-18-13/h4-5,9-11H,6-8,14H2,1-3H3,(H,16,17). The van der Waals surface area contributed by atoms with Gasteiger partial charge < -0.3 is 11.1 Å². The van der Waals surface area contributed by atoms with Gasteiger partial charge in [0.25, 0.3) is 0 Å². The van der Waals surface area contributed by atoms with Crippen LogP contribution >= 0.6 is 11.3 Å². The van der Waals surface area contributed by atoms with Gasteiger partial charge in [0.05, 0.1) is 6.04 Å². The summed E-state index contributed by atoms with van der Waals surface area (Å²) >= 11 is 1.56. The number of nitrogens with zero attached hydrogens (tertiary/aromatic N) is 1. The third kappa shape index (κ3) is 5.14. The van der Waals surface area contributed by atoms with E-state index in [4.69, 9.17) is 5.73 Å². The third-order valence-corrected chi connectivity index (χ3v) is 3.77. The second-order valence-electron chi connectivity index (χ2n) is 5.09. The SMILES string of the molecule is CC(C)CC(CN)CC(=O)NC(C)c1nccs1. The maximum Gasteiger partial charge on any atom is 0.220 e. The molecule has 0 fully saturated rings. The molecule has 102 valence electrons. The molecule has 0 aliphatic rings. The molecule has 1 aromatic heterocycles. The molecule has 2 unspecified atom stereocenters. The molecule has 3 N–H and O–H groups in total. The highest BCUT2D eigenvalue weighted by Crippen LogP contribution is 2.17. The molecule has 1 aromatic rings. The molecule has 0 saturated heterocycles. The summed E-state index contributed by atoms with van der Waals surface area (Å²) in [5, 5.41) is 5.83. The number of hydrogen-bond acceptors (Lipinski definition) is 4. The van der Waals surface area contributed by atoms with E-state index >= 15 is 0 Å². The summed E-state index contributed by atoms with van der Waals surface area (Å²) in [6.07, 6.45) is 3.25. The molecule has 5 heteroatoms. The molecule has 2 atom stereocenters. The molecule has 0 aliphatic heterocycles. The smallest absolute Gasteiger partial charge is 0.220 e. The highest BCUT2D eigenvalue weighted by atomic mass is 32.1. The Morgan fingerprint density at radius 3 is 2.72 bits per heavy atom. The van der Waals surface area contributed by atoms with Crippen molar-refractivity contribution >= 4 is 17.2 Å². The topological polar surface area (TPSA) is 68.0 Å². The number of carbonyl (C=O) groups is 1. The molecule has 0 radical (unpaired) electrons. The number of thiazole rings is 1. The zero-order chi connectivity index (χ0) is 13.5. The lowest BCUT2D eigenvalue weighted by Gasteiger charge is -2.18. The van der Waals surface area contributed by atoms with Crippen molar-refractivity contribution in [1.29, 1.82) is 0 Å². The molecule has 0 aromatic carbocycles. The first-order valence-electron chi connectivity index (χ1n) is 6.41. The van der Waals surface area contributed by atoms with Gasteiger partial charge in [0.2, 0.25) is 5.91 Å². The molecule has 0 bridgehead atoms. The minimum absolute atomic E-state index is 0.0185. The van der Waals surface area contributed by atoms with Crippen LogP contribution in [0.1, 0.15) is 44.7 Å². The van der Waals surface area contributed by atoms with Crippen molar-refractivity contribution < 1.29 is 4.79 Å². The van der Waals surface area contributed by atoms with Crippen LogP contribution in [-0.2, 0) is 4.79 Å². The minimum atomic E-state index is -0.0185. The van der Waals surface area contributed by atoms with Crippen molar-refractivity contribution in [3.05, 3.63) is 16.6 Å². The molecule has 1 heterocycles. The van der Waals surface area contributed by atoms with Gasteiger partial charge in [-0.05, 0) is 31.7 Å². The zero-order valence-electron chi connectivity index (χ0n) is 11.3. The van der Waals surface area contributed by atoms with Gasteiger partial charge in [-0.1, -0.05) is 13.8 Å². The van der Waals surface area contributed by atoms with E-state index in [1.54, 1.807) is 17.5 Å². The monoisotopic (exact) mass is 269 g/mol. The largest absolute Gasteiger partial charge is 0.347 e. The number of nitrogens with one attached hydrogen (secondary N) is 1. The van der Waals surface area contributed by atoms with Crippen LogP contribution in [0, 0.1) is 11.8 Å². The van der Waals surface area contributed by atoms with Crippen LogP contribution in [0.4, 0.5) is 0 Å². The number of rotatable bonds is 7. The average molecular weight is 269 g/mol. The average Bonchev–Trinajstić information content (AvgIpc) is 2.80. The summed E-state index contributed by atoms with van der Waals surface area (Å²) in [6.45, 7) is 6.82. The van der Waals surface area contributed by atoms with Crippen LogP contribution in [-0.4, -0.2) is 17.4 Å². The first-order chi connectivity index (χ1) is 8.52. The molecule has 0 aliphatic carbocycles. The number of amides is 1. The minimum Gasteiger partial charge on any atom is -0.347 e. The van der Waals surface area contributed by atoms with Crippen LogP contribution in [0.5, 0.6) is 0 Å². The molecule has 4 nitrogen and oxygen atoms in total. The Morgan fingerprint density at radius 1 is 1.50 bits per heavy atom. The Morgan fingerprint density at radius 2 is 2.22 bits per heavy atom. The van der Waals surface area contributed by atoms with Crippen molar-refractivity contribution in [3.63, 3.8) is 0 Å². The molecule has 0 spiro atoms. The van der Waals surface area contributed by atoms with Crippen molar-refractivity contribution in [3.8, 4) is 0 Å². The van der Waals surface area contributed by atoms with Gasteiger partial charge in [0.15, 0.2) is 0 Å². The van der Waals surface area contributed by atoms with Crippen molar-refractivity contribution in [1.82, 2.24) is 10.3 Å². The lowest BCUT2D eigenvalue weighted by Crippen LogP contribution is -2.30. The Hall–Kier alpha value is -0.940. The lowest BCUT2D eigenvalue weighted by atomic mass is 9.94. The Bertz CT molecular complexity index is 351. The van der Waals surface area contributed by atoms with E-state index in [1.165, 1.54) is 0 Å². The van der Waals surface area contributed by atoms with Crippen LogP contribution < -0.4 is 11.1 Å². The van der Waals surface area contributed by atoms with Crippen LogP contribution in [0.25, 0.3) is 0 Å². The highest BCUT2D eigenvalue weighted by Gasteiger charge is 2.17. The zero-order valence-corrected chi connectivity index (χ0v) is 12.2. The van der Waals surface area contributed by atoms with E-state index in [-0.39, 0.29) is 17.9 Å². The highest BCUT2D eigenvalue weighted by molar-refractivity contribution is 7.09.